The van der Waals surface area contributed by atoms with E-state index in [0.29, 0.717) is 5.69 Å². The van der Waals surface area contributed by atoms with Crippen molar-refractivity contribution in [2.75, 3.05) is 32.5 Å². The van der Waals surface area contributed by atoms with Crippen LogP contribution in [0, 0.1) is 0 Å². The molecule has 23 heavy (non-hydrogen) atoms. The van der Waals surface area contributed by atoms with E-state index in [-0.39, 0.29) is 30.4 Å². The number of aromatic hydroxyl groups is 1. The molecule has 0 bridgehead atoms. The summed E-state index contributed by atoms with van der Waals surface area (Å²) in [5, 5.41) is 10.1. The summed E-state index contributed by atoms with van der Waals surface area (Å²) >= 11 is 0. The van der Waals surface area contributed by atoms with Crippen molar-refractivity contribution >= 4 is 17.6 Å². The van der Waals surface area contributed by atoms with E-state index in [9.17, 15) is 14.7 Å². The quantitative estimate of drug-likeness (QED) is 0.838. The van der Waals surface area contributed by atoms with Gasteiger partial charge in [-0.25, -0.2) is 9.59 Å². The fourth-order valence-corrected chi connectivity index (χ4v) is 2.34. The first-order valence-corrected chi connectivity index (χ1v) is 7.10. The SMILES string of the molecule is CCc1ccc(O)c(N2COCC(C(=O)OC)=C2C(=O)OC)c1. The standard InChI is InChI=1S/C16H19NO6/c1-4-10-5-6-13(18)12(7-10)17-9-23-8-11(15(19)21-2)14(17)16(20)22-3/h5-7,18H,4,8-9H2,1-3H3. The van der Waals surface area contributed by atoms with Gasteiger partial charge in [-0.2, -0.15) is 0 Å². The van der Waals surface area contributed by atoms with Crippen molar-refractivity contribution < 1.29 is 28.9 Å². The van der Waals surface area contributed by atoms with Gasteiger partial charge in [0, 0.05) is 0 Å². The van der Waals surface area contributed by atoms with Crippen LogP contribution >= 0.6 is 0 Å². The number of ether oxygens (including phenoxy) is 3. The van der Waals surface area contributed by atoms with Crippen LogP contribution in [0.15, 0.2) is 29.5 Å². The number of phenols is 1. The molecule has 124 valence electrons. The zero-order valence-corrected chi connectivity index (χ0v) is 13.3. The molecule has 0 unspecified atom stereocenters. The topological polar surface area (TPSA) is 85.3 Å². The molecule has 0 saturated carbocycles. The lowest BCUT2D eigenvalue weighted by Crippen LogP contribution is -2.38. The van der Waals surface area contributed by atoms with Crippen molar-refractivity contribution in [3.05, 3.63) is 35.0 Å². The fraction of sp³-hybridized carbons (Fsp3) is 0.375. The highest BCUT2D eigenvalue weighted by Gasteiger charge is 2.33. The van der Waals surface area contributed by atoms with Gasteiger partial charge in [-0.05, 0) is 24.1 Å². The first-order valence-electron chi connectivity index (χ1n) is 7.10. The number of rotatable bonds is 4. The number of esters is 2. The lowest BCUT2D eigenvalue weighted by molar-refractivity contribution is -0.140. The monoisotopic (exact) mass is 321 g/mol. The molecule has 0 fully saturated rings. The fourth-order valence-electron chi connectivity index (χ4n) is 2.34. The molecule has 0 spiro atoms. The van der Waals surface area contributed by atoms with E-state index >= 15 is 0 Å². The molecule has 0 atom stereocenters. The number of benzene rings is 1. The van der Waals surface area contributed by atoms with Crippen LogP contribution in [0.5, 0.6) is 5.75 Å². The Hall–Kier alpha value is -2.54. The number of hydrogen-bond acceptors (Lipinski definition) is 7. The number of aryl methyl sites for hydroxylation is 1. The number of phenolic OH excluding ortho intramolecular Hbond substituents is 1. The summed E-state index contributed by atoms with van der Waals surface area (Å²) in [4.78, 5) is 25.5. The van der Waals surface area contributed by atoms with Gasteiger partial charge in [-0.15, -0.1) is 0 Å². The second-order valence-electron chi connectivity index (χ2n) is 4.89. The van der Waals surface area contributed by atoms with Crippen LogP contribution in [0.3, 0.4) is 0 Å². The van der Waals surface area contributed by atoms with Crippen LogP contribution in [-0.4, -0.2) is 44.6 Å². The lowest BCUT2D eigenvalue weighted by atomic mass is 10.1. The molecule has 1 aromatic rings. The predicted octanol–water partition coefficient (Wildman–Crippen LogP) is 1.35. The molecule has 0 aliphatic carbocycles. The Balaban J connectivity index is 2.59. The molecule has 1 heterocycles. The molecule has 7 heteroatoms. The first-order chi connectivity index (χ1) is 11.0. The van der Waals surface area contributed by atoms with Crippen LogP contribution in [0.1, 0.15) is 12.5 Å². The predicted molar refractivity (Wildman–Crippen MR) is 81.8 cm³/mol. The van der Waals surface area contributed by atoms with E-state index in [1.165, 1.54) is 25.2 Å². The van der Waals surface area contributed by atoms with E-state index < -0.39 is 11.9 Å². The zero-order chi connectivity index (χ0) is 17.0. The van der Waals surface area contributed by atoms with Crippen molar-refractivity contribution in [2.45, 2.75) is 13.3 Å². The number of anilines is 1. The van der Waals surface area contributed by atoms with E-state index in [1.54, 1.807) is 12.1 Å². The Morgan fingerprint density at radius 2 is 1.96 bits per heavy atom. The molecule has 1 aliphatic heterocycles. The summed E-state index contributed by atoms with van der Waals surface area (Å²) in [5.74, 6) is -1.41. The van der Waals surface area contributed by atoms with Crippen molar-refractivity contribution in [1.82, 2.24) is 0 Å². The minimum atomic E-state index is -0.699. The molecule has 0 radical (unpaired) electrons. The highest BCUT2D eigenvalue weighted by atomic mass is 16.5. The minimum absolute atomic E-state index is 0.00561. The summed E-state index contributed by atoms with van der Waals surface area (Å²) < 4.78 is 14.9. The summed E-state index contributed by atoms with van der Waals surface area (Å²) in [5.41, 5.74) is 1.39. The van der Waals surface area contributed by atoms with Crippen LogP contribution in [0.25, 0.3) is 0 Å². The Morgan fingerprint density at radius 1 is 1.26 bits per heavy atom. The first kappa shape index (κ1) is 16.8. The number of methoxy groups -OCH3 is 2. The molecule has 0 amide bonds. The Bertz CT molecular complexity index is 652. The van der Waals surface area contributed by atoms with Gasteiger partial charge < -0.3 is 24.2 Å². The molecular weight excluding hydrogens is 302 g/mol. The molecule has 7 nitrogen and oxygen atoms in total. The van der Waals surface area contributed by atoms with E-state index in [0.717, 1.165) is 12.0 Å². The molecule has 0 saturated heterocycles. The average molecular weight is 321 g/mol. The van der Waals surface area contributed by atoms with E-state index in [4.69, 9.17) is 14.2 Å². The number of nitrogens with zero attached hydrogens (tertiary/aromatic N) is 1. The highest BCUT2D eigenvalue weighted by Crippen LogP contribution is 2.34. The maximum absolute atomic E-state index is 12.2. The van der Waals surface area contributed by atoms with Gasteiger partial charge in [0.25, 0.3) is 0 Å². The van der Waals surface area contributed by atoms with Gasteiger partial charge in [-0.1, -0.05) is 13.0 Å². The third-order valence-corrected chi connectivity index (χ3v) is 3.57. The van der Waals surface area contributed by atoms with Gasteiger partial charge in [-0.3, -0.25) is 0 Å². The average Bonchev–Trinajstić information content (AvgIpc) is 2.60. The largest absolute Gasteiger partial charge is 0.506 e. The van der Waals surface area contributed by atoms with Crippen LogP contribution in [0.2, 0.25) is 0 Å². The summed E-state index contributed by atoms with van der Waals surface area (Å²) in [6.07, 6.45) is 0.753. The Morgan fingerprint density at radius 3 is 2.57 bits per heavy atom. The number of carbonyl (C=O) groups is 2. The van der Waals surface area contributed by atoms with Gasteiger partial charge in [0.1, 0.15) is 18.2 Å². The lowest BCUT2D eigenvalue weighted by Gasteiger charge is -2.31. The maximum atomic E-state index is 12.2. The third-order valence-electron chi connectivity index (χ3n) is 3.57. The van der Waals surface area contributed by atoms with Crippen molar-refractivity contribution in [2.24, 2.45) is 0 Å². The molecular formula is C16H19NO6. The Labute approximate surface area is 134 Å². The summed E-state index contributed by atoms with van der Waals surface area (Å²) in [6, 6.07) is 5.06. The number of hydrogen-bond donors (Lipinski definition) is 1. The normalized spacial score (nSPS) is 14.7. The highest BCUT2D eigenvalue weighted by molar-refractivity contribution is 6.03. The van der Waals surface area contributed by atoms with Crippen LogP contribution in [0.4, 0.5) is 5.69 Å². The second-order valence-corrected chi connectivity index (χ2v) is 4.89. The molecule has 1 N–H and O–H groups in total. The molecule has 1 aliphatic rings. The molecule has 1 aromatic carbocycles. The van der Waals surface area contributed by atoms with Gasteiger partial charge in [0.2, 0.25) is 0 Å². The maximum Gasteiger partial charge on any atom is 0.355 e. The van der Waals surface area contributed by atoms with Gasteiger partial charge >= 0.3 is 11.9 Å². The van der Waals surface area contributed by atoms with Crippen molar-refractivity contribution in [3.63, 3.8) is 0 Å². The van der Waals surface area contributed by atoms with E-state index in [2.05, 4.69) is 0 Å². The van der Waals surface area contributed by atoms with E-state index in [1.807, 2.05) is 6.92 Å². The van der Waals surface area contributed by atoms with Crippen molar-refractivity contribution in [1.29, 1.82) is 0 Å². The van der Waals surface area contributed by atoms with Crippen LogP contribution in [-0.2, 0) is 30.2 Å². The Kier molecular flexibility index (Phi) is 5.23. The summed E-state index contributed by atoms with van der Waals surface area (Å²) in [6.45, 7) is 1.91. The molecule has 2 rings (SSSR count). The third kappa shape index (κ3) is 3.29. The van der Waals surface area contributed by atoms with Crippen LogP contribution < -0.4 is 4.90 Å². The number of carbonyl (C=O) groups excluding carboxylic acids is 2. The summed E-state index contributed by atoms with van der Waals surface area (Å²) in [7, 11) is 2.44. The van der Waals surface area contributed by atoms with Gasteiger partial charge in [0.05, 0.1) is 32.1 Å². The molecule has 0 aromatic heterocycles. The minimum Gasteiger partial charge on any atom is -0.506 e. The van der Waals surface area contributed by atoms with Gasteiger partial charge in [0.15, 0.2) is 0 Å². The van der Waals surface area contributed by atoms with Crippen molar-refractivity contribution in [3.8, 4) is 5.75 Å². The zero-order valence-electron chi connectivity index (χ0n) is 13.3. The second kappa shape index (κ2) is 7.15. The smallest absolute Gasteiger partial charge is 0.355 e.